The van der Waals surface area contributed by atoms with Crippen LogP contribution < -0.4 is 0 Å². The van der Waals surface area contributed by atoms with Crippen molar-refractivity contribution in [2.75, 3.05) is 6.54 Å². The third-order valence-corrected chi connectivity index (χ3v) is 2.20. The summed E-state index contributed by atoms with van der Waals surface area (Å²) in [5.74, 6) is 0.514. The van der Waals surface area contributed by atoms with Crippen molar-refractivity contribution < 1.29 is 4.74 Å². The fraction of sp³-hybridized carbons (Fsp3) is 1.00. The molecule has 1 aliphatic heterocycles. The molecule has 0 amide bonds. The van der Waals surface area contributed by atoms with Crippen molar-refractivity contribution in [3.63, 3.8) is 0 Å². The number of azide groups is 1. The smallest absolute Gasteiger partial charge is 0.0553 e. The minimum absolute atomic E-state index is 0.313. The third kappa shape index (κ3) is 2.72. The Bertz CT molecular complexity index is 179. The van der Waals surface area contributed by atoms with Gasteiger partial charge < -0.3 is 4.74 Å². The van der Waals surface area contributed by atoms with Gasteiger partial charge in [0, 0.05) is 11.5 Å². The van der Waals surface area contributed by atoms with Crippen molar-refractivity contribution >= 4 is 0 Å². The molecule has 1 heterocycles. The maximum absolute atomic E-state index is 8.16. The average Bonchev–Trinajstić information content (AvgIpc) is 1.99. The van der Waals surface area contributed by atoms with E-state index >= 15 is 0 Å². The van der Waals surface area contributed by atoms with Crippen molar-refractivity contribution in [2.24, 2.45) is 11.0 Å². The van der Waals surface area contributed by atoms with Crippen LogP contribution in [0.4, 0.5) is 0 Å². The first-order valence-electron chi connectivity index (χ1n) is 4.38. The van der Waals surface area contributed by atoms with Crippen molar-refractivity contribution in [3.05, 3.63) is 10.4 Å². The van der Waals surface area contributed by atoms with E-state index in [1.165, 1.54) is 0 Å². The van der Waals surface area contributed by atoms with E-state index in [0.717, 1.165) is 12.8 Å². The van der Waals surface area contributed by atoms with E-state index in [0.29, 0.717) is 24.7 Å². The van der Waals surface area contributed by atoms with Crippen LogP contribution in [0.5, 0.6) is 0 Å². The van der Waals surface area contributed by atoms with Crippen LogP contribution in [-0.4, -0.2) is 18.8 Å². The zero-order valence-corrected chi connectivity index (χ0v) is 7.60. The summed E-state index contributed by atoms with van der Waals surface area (Å²) in [7, 11) is 0. The number of ether oxygens (including phenoxy) is 1. The van der Waals surface area contributed by atoms with Crippen molar-refractivity contribution in [1.82, 2.24) is 0 Å². The second-order valence-electron chi connectivity index (χ2n) is 3.51. The zero-order chi connectivity index (χ0) is 8.97. The lowest BCUT2D eigenvalue weighted by atomic mass is 9.93. The molecule has 1 rings (SSSR count). The molecule has 0 aromatic heterocycles. The van der Waals surface area contributed by atoms with Crippen molar-refractivity contribution in [2.45, 2.75) is 38.9 Å². The summed E-state index contributed by atoms with van der Waals surface area (Å²) in [5, 5.41) is 3.59. The normalized spacial score (nSPS) is 35.7. The number of nitrogens with zero attached hydrogens (tertiary/aromatic N) is 3. The lowest BCUT2D eigenvalue weighted by Gasteiger charge is -2.31. The molecular formula is C8H15N3O. The number of hydrogen-bond acceptors (Lipinski definition) is 2. The summed E-state index contributed by atoms with van der Waals surface area (Å²) >= 11 is 0. The van der Waals surface area contributed by atoms with Gasteiger partial charge in [0.15, 0.2) is 0 Å². The van der Waals surface area contributed by atoms with Crippen LogP contribution in [-0.2, 0) is 4.74 Å². The maximum atomic E-state index is 8.16. The van der Waals surface area contributed by atoms with Gasteiger partial charge in [-0.2, -0.15) is 0 Å². The van der Waals surface area contributed by atoms with E-state index < -0.39 is 0 Å². The van der Waals surface area contributed by atoms with E-state index in [1.807, 2.05) is 0 Å². The predicted octanol–water partition coefficient (Wildman–Crippen LogP) is 2.50. The van der Waals surface area contributed by atoms with Gasteiger partial charge in [-0.3, -0.25) is 0 Å². The molecule has 12 heavy (non-hydrogen) atoms. The molecule has 68 valence electrons. The van der Waals surface area contributed by atoms with E-state index in [-0.39, 0.29) is 0 Å². The second kappa shape index (κ2) is 4.33. The first-order chi connectivity index (χ1) is 5.72. The highest BCUT2D eigenvalue weighted by Gasteiger charge is 2.23. The molecule has 0 aliphatic carbocycles. The predicted molar refractivity (Wildman–Crippen MR) is 46.7 cm³/mol. The van der Waals surface area contributed by atoms with Crippen LogP contribution in [0.2, 0.25) is 0 Å². The van der Waals surface area contributed by atoms with E-state index in [1.54, 1.807) is 0 Å². The van der Waals surface area contributed by atoms with Gasteiger partial charge in [0.25, 0.3) is 0 Å². The Morgan fingerprint density at radius 2 is 2.00 bits per heavy atom. The van der Waals surface area contributed by atoms with Crippen LogP contribution >= 0.6 is 0 Å². The van der Waals surface area contributed by atoms with E-state index in [2.05, 4.69) is 23.9 Å². The summed E-state index contributed by atoms with van der Waals surface area (Å²) in [4.78, 5) is 2.76. The number of rotatable bonds is 2. The summed E-state index contributed by atoms with van der Waals surface area (Å²) < 4.78 is 5.56. The van der Waals surface area contributed by atoms with Crippen molar-refractivity contribution in [3.8, 4) is 0 Å². The molecule has 3 atom stereocenters. The second-order valence-corrected chi connectivity index (χ2v) is 3.51. The Morgan fingerprint density at radius 1 is 1.42 bits per heavy atom. The van der Waals surface area contributed by atoms with Crippen LogP contribution in [0.1, 0.15) is 26.7 Å². The zero-order valence-electron chi connectivity index (χ0n) is 7.60. The monoisotopic (exact) mass is 169 g/mol. The Morgan fingerprint density at radius 3 is 2.50 bits per heavy atom. The van der Waals surface area contributed by atoms with Gasteiger partial charge in [-0.1, -0.05) is 5.11 Å². The summed E-state index contributed by atoms with van der Waals surface area (Å²) in [6, 6.07) is 0. The Labute approximate surface area is 72.5 Å². The maximum Gasteiger partial charge on any atom is 0.0553 e. The van der Waals surface area contributed by atoms with Gasteiger partial charge in [-0.05, 0) is 38.1 Å². The summed E-state index contributed by atoms with van der Waals surface area (Å²) in [5.41, 5.74) is 8.16. The fourth-order valence-corrected chi connectivity index (χ4v) is 1.84. The minimum atomic E-state index is 0.313. The summed E-state index contributed by atoms with van der Waals surface area (Å²) in [6.45, 7) is 4.76. The molecule has 1 unspecified atom stereocenters. The molecule has 0 N–H and O–H groups in total. The minimum Gasteiger partial charge on any atom is -0.376 e. The molecule has 0 spiro atoms. The lowest BCUT2D eigenvalue weighted by Crippen LogP contribution is -2.30. The average molecular weight is 169 g/mol. The molecular weight excluding hydrogens is 154 g/mol. The molecule has 0 aromatic rings. The fourth-order valence-electron chi connectivity index (χ4n) is 1.84. The highest BCUT2D eigenvalue weighted by Crippen LogP contribution is 2.24. The van der Waals surface area contributed by atoms with Gasteiger partial charge in [0.05, 0.1) is 12.2 Å². The first kappa shape index (κ1) is 9.36. The number of hydrogen-bond donors (Lipinski definition) is 0. The third-order valence-electron chi connectivity index (χ3n) is 2.20. The molecule has 4 nitrogen and oxygen atoms in total. The Balaban J connectivity index is 2.38. The van der Waals surface area contributed by atoms with Gasteiger partial charge in [0.1, 0.15) is 0 Å². The van der Waals surface area contributed by atoms with Gasteiger partial charge in [-0.25, -0.2) is 0 Å². The SMILES string of the molecule is C[C@@H]1CC(CN=[N+]=[N-])C[C@H](C)O1. The van der Waals surface area contributed by atoms with E-state index in [9.17, 15) is 0 Å². The molecule has 0 bridgehead atoms. The first-order valence-corrected chi connectivity index (χ1v) is 4.38. The van der Waals surface area contributed by atoms with Crippen LogP contribution in [0, 0.1) is 5.92 Å². The molecule has 1 aliphatic rings. The van der Waals surface area contributed by atoms with E-state index in [4.69, 9.17) is 10.3 Å². The van der Waals surface area contributed by atoms with Crippen molar-refractivity contribution in [1.29, 1.82) is 0 Å². The molecule has 0 aromatic carbocycles. The topological polar surface area (TPSA) is 58.0 Å². The molecule has 1 fully saturated rings. The highest BCUT2D eigenvalue weighted by atomic mass is 16.5. The van der Waals surface area contributed by atoms with Gasteiger partial charge in [-0.15, -0.1) is 0 Å². The van der Waals surface area contributed by atoms with Gasteiger partial charge >= 0.3 is 0 Å². The van der Waals surface area contributed by atoms with Gasteiger partial charge in [0.2, 0.25) is 0 Å². The van der Waals surface area contributed by atoms with Crippen LogP contribution in [0.25, 0.3) is 10.4 Å². The van der Waals surface area contributed by atoms with Crippen LogP contribution in [0.3, 0.4) is 0 Å². The standard InChI is InChI=1S/C8H15N3O/c1-6-3-8(5-10-11-9)4-7(2)12-6/h6-8H,3-5H2,1-2H3/t6-,7+,8?. The molecule has 0 saturated carbocycles. The van der Waals surface area contributed by atoms with Crippen LogP contribution in [0.15, 0.2) is 5.11 Å². The molecule has 4 heteroatoms. The summed E-state index contributed by atoms with van der Waals surface area (Å²) in [6.07, 6.45) is 2.66. The Hall–Kier alpha value is -0.730. The molecule has 0 radical (unpaired) electrons. The molecule has 1 saturated heterocycles. The lowest BCUT2D eigenvalue weighted by molar-refractivity contribution is -0.0501. The Kier molecular flexibility index (Phi) is 3.38. The quantitative estimate of drug-likeness (QED) is 0.356. The highest BCUT2D eigenvalue weighted by molar-refractivity contribution is 4.74. The largest absolute Gasteiger partial charge is 0.376 e.